The Morgan fingerprint density at radius 2 is 1.68 bits per heavy atom. The summed E-state index contributed by atoms with van der Waals surface area (Å²) in [6.07, 6.45) is 0.776. The van der Waals surface area contributed by atoms with Gasteiger partial charge in [0.05, 0.1) is 0 Å². The molecule has 0 bridgehead atoms. The molecule has 1 aromatic carbocycles. The summed E-state index contributed by atoms with van der Waals surface area (Å²) in [4.78, 5) is 28.2. The van der Waals surface area contributed by atoms with Gasteiger partial charge in [-0.3, -0.25) is 9.59 Å². The Morgan fingerprint density at radius 3 is 2.36 bits per heavy atom. The van der Waals surface area contributed by atoms with E-state index in [-0.39, 0.29) is 0 Å². The number of hydrogen-bond donors (Lipinski definition) is 2. The first-order valence-electron chi connectivity index (χ1n) is 7.15. The first kappa shape index (κ1) is 15.7. The zero-order chi connectivity index (χ0) is 16.1. The molecule has 0 spiro atoms. The monoisotopic (exact) mass is 297 g/mol. The number of rotatable bonds is 3. The van der Waals surface area contributed by atoms with E-state index in [9.17, 15) is 9.59 Å². The summed E-state index contributed by atoms with van der Waals surface area (Å²) >= 11 is 0. The van der Waals surface area contributed by atoms with E-state index in [1.54, 1.807) is 12.1 Å². The molecule has 5 nitrogen and oxygen atoms in total. The third-order valence-corrected chi connectivity index (χ3v) is 3.31. The smallest absolute Gasteiger partial charge is 0.315 e. The number of anilines is 2. The number of amides is 2. The number of carbonyl (C=O) groups excluding carboxylic acids is 2. The van der Waals surface area contributed by atoms with Gasteiger partial charge in [-0.25, -0.2) is 4.98 Å². The standard InChI is InChI=1S/C17H19N3O2/c1-4-13-9-5-7-11(2)15(13)20-17(22)16(21)19-14-10-6-8-12(3)18-14/h5-10H,4H2,1-3H3,(H,20,22)(H,18,19,21). The van der Waals surface area contributed by atoms with E-state index in [1.807, 2.05) is 45.0 Å². The fraction of sp³-hybridized carbons (Fsp3) is 0.235. The summed E-state index contributed by atoms with van der Waals surface area (Å²) in [6.45, 7) is 5.71. The Labute approximate surface area is 129 Å². The van der Waals surface area contributed by atoms with Crippen LogP contribution >= 0.6 is 0 Å². The molecule has 0 unspecified atom stereocenters. The van der Waals surface area contributed by atoms with Crippen LogP contribution in [0.3, 0.4) is 0 Å². The van der Waals surface area contributed by atoms with Crippen molar-refractivity contribution in [2.24, 2.45) is 0 Å². The summed E-state index contributed by atoms with van der Waals surface area (Å²) in [5, 5.41) is 5.18. The molecule has 0 aliphatic heterocycles. The molecule has 1 aromatic heterocycles. The number of aromatic nitrogens is 1. The van der Waals surface area contributed by atoms with Crippen molar-refractivity contribution in [2.45, 2.75) is 27.2 Å². The van der Waals surface area contributed by atoms with E-state index in [0.717, 1.165) is 23.2 Å². The largest absolute Gasteiger partial charge is 0.317 e. The first-order valence-corrected chi connectivity index (χ1v) is 7.15. The van der Waals surface area contributed by atoms with Crippen molar-refractivity contribution in [2.75, 3.05) is 10.6 Å². The van der Waals surface area contributed by atoms with Crippen LogP contribution in [0.1, 0.15) is 23.7 Å². The topological polar surface area (TPSA) is 71.1 Å². The summed E-state index contributed by atoms with van der Waals surface area (Å²) in [7, 11) is 0. The number of para-hydroxylation sites is 1. The maximum Gasteiger partial charge on any atom is 0.315 e. The lowest BCUT2D eigenvalue weighted by Gasteiger charge is -2.12. The van der Waals surface area contributed by atoms with Crippen molar-refractivity contribution in [3.63, 3.8) is 0 Å². The van der Waals surface area contributed by atoms with Crippen molar-refractivity contribution in [1.82, 2.24) is 4.98 Å². The maximum atomic E-state index is 12.1. The van der Waals surface area contributed by atoms with Gasteiger partial charge in [-0.1, -0.05) is 31.2 Å². The van der Waals surface area contributed by atoms with Crippen molar-refractivity contribution in [3.8, 4) is 0 Å². The predicted octanol–water partition coefficient (Wildman–Crippen LogP) is 2.84. The van der Waals surface area contributed by atoms with Crippen molar-refractivity contribution < 1.29 is 9.59 Å². The number of hydrogen-bond acceptors (Lipinski definition) is 3. The number of nitrogens with zero attached hydrogens (tertiary/aromatic N) is 1. The second-order valence-corrected chi connectivity index (χ2v) is 5.04. The summed E-state index contributed by atoms with van der Waals surface area (Å²) in [5.74, 6) is -1.07. The van der Waals surface area contributed by atoms with Crippen molar-refractivity contribution in [3.05, 3.63) is 53.2 Å². The Bertz CT molecular complexity index is 711. The van der Waals surface area contributed by atoms with Gasteiger partial charge in [0.25, 0.3) is 0 Å². The molecule has 2 aromatic rings. The van der Waals surface area contributed by atoms with Gasteiger partial charge in [0.2, 0.25) is 0 Å². The Morgan fingerprint density at radius 1 is 1.00 bits per heavy atom. The van der Waals surface area contributed by atoms with E-state index < -0.39 is 11.8 Å². The Hall–Kier alpha value is -2.69. The van der Waals surface area contributed by atoms with Gasteiger partial charge in [0.1, 0.15) is 5.82 Å². The van der Waals surface area contributed by atoms with Gasteiger partial charge >= 0.3 is 11.8 Å². The summed E-state index contributed by atoms with van der Waals surface area (Å²) in [5.41, 5.74) is 3.39. The van der Waals surface area contributed by atoms with Gasteiger partial charge in [0, 0.05) is 11.4 Å². The van der Waals surface area contributed by atoms with Gasteiger partial charge in [0.15, 0.2) is 0 Å². The maximum absolute atomic E-state index is 12.1. The number of pyridine rings is 1. The van der Waals surface area contributed by atoms with Crippen LogP contribution in [0.5, 0.6) is 0 Å². The Kier molecular flexibility index (Phi) is 4.88. The van der Waals surface area contributed by atoms with Gasteiger partial charge < -0.3 is 10.6 Å². The van der Waals surface area contributed by atoms with Crippen molar-refractivity contribution >= 4 is 23.3 Å². The third-order valence-electron chi connectivity index (χ3n) is 3.31. The second kappa shape index (κ2) is 6.85. The third kappa shape index (κ3) is 3.69. The molecule has 0 radical (unpaired) electrons. The molecule has 114 valence electrons. The molecule has 2 N–H and O–H groups in total. The number of nitrogens with one attached hydrogen (secondary N) is 2. The summed E-state index contributed by atoms with van der Waals surface area (Å²) in [6, 6.07) is 11.0. The van der Waals surface area contributed by atoms with Crippen LogP contribution < -0.4 is 10.6 Å². The molecule has 0 saturated carbocycles. The zero-order valence-corrected chi connectivity index (χ0v) is 12.9. The fourth-order valence-electron chi connectivity index (χ4n) is 2.16. The van der Waals surface area contributed by atoms with Crippen LogP contribution in [0.25, 0.3) is 0 Å². The average Bonchev–Trinajstić information content (AvgIpc) is 2.49. The highest BCUT2D eigenvalue weighted by atomic mass is 16.2. The minimum absolute atomic E-state index is 0.362. The van der Waals surface area contributed by atoms with Crippen molar-refractivity contribution in [1.29, 1.82) is 0 Å². The Balaban J connectivity index is 2.11. The molecule has 2 rings (SSSR count). The molecule has 0 aliphatic rings. The van der Waals surface area contributed by atoms with E-state index in [1.165, 1.54) is 0 Å². The lowest BCUT2D eigenvalue weighted by molar-refractivity contribution is -0.133. The van der Waals surface area contributed by atoms with Gasteiger partial charge in [-0.05, 0) is 43.5 Å². The predicted molar refractivity (Wildman–Crippen MR) is 86.8 cm³/mol. The van der Waals surface area contributed by atoms with Gasteiger partial charge in [-0.2, -0.15) is 0 Å². The normalized spacial score (nSPS) is 10.1. The number of carbonyl (C=O) groups is 2. The second-order valence-electron chi connectivity index (χ2n) is 5.04. The highest BCUT2D eigenvalue weighted by Gasteiger charge is 2.16. The SMILES string of the molecule is CCc1cccc(C)c1NC(=O)C(=O)Nc1cccc(C)n1. The molecular weight excluding hydrogens is 278 g/mol. The van der Waals surface area contributed by atoms with E-state index in [0.29, 0.717) is 11.5 Å². The molecule has 0 atom stereocenters. The quantitative estimate of drug-likeness (QED) is 0.856. The van der Waals surface area contributed by atoms with Crippen LogP contribution in [-0.2, 0) is 16.0 Å². The van der Waals surface area contributed by atoms with Crippen LogP contribution in [0.4, 0.5) is 11.5 Å². The van der Waals surface area contributed by atoms with E-state index in [2.05, 4.69) is 15.6 Å². The highest BCUT2D eigenvalue weighted by Crippen LogP contribution is 2.21. The number of aryl methyl sites for hydroxylation is 3. The molecule has 22 heavy (non-hydrogen) atoms. The molecule has 5 heteroatoms. The minimum atomic E-state index is -0.733. The minimum Gasteiger partial charge on any atom is -0.317 e. The summed E-state index contributed by atoms with van der Waals surface area (Å²) < 4.78 is 0. The first-order chi connectivity index (χ1) is 10.5. The van der Waals surface area contributed by atoms with Crippen LogP contribution in [-0.4, -0.2) is 16.8 Å². The lowest BCUT2D eigenvalue weighted by atomic mass is 10.1. The van der Waals surface area contributed by atoms with E-state index in [4.69, 9.17) is 0 Å². The zero-order valence-electron chi connectivity index (χ0n) is 12.9. The average molecular weight is 297 g/mol. The van der Waals surface area contributed by atoms with Crippen LogP contribution in [0.15, 0.2) is 36.4 Å². The number of benzene rings is 1. The highest BCUT2D eigenvalue weighted by molar-refractivity contribution is 6.43. The fourth-order valence-corrected chi connectivity index (χ4v) is 2.16. The molecule has 1 heterocycles. The molecular formula is C17H19N3O2. The molecule has 0 aliphatic carbocycles. The lowest BCUT2D eigenvalue weighted by Crippen LogP contribution is -2.30. The van der Waals surface area contributed by atoms with E-state index >= 15 is 0 Å². The van der Waals surface area contributed by atoms with Gasteiger partial charge in [-0.15, -0.1) is 0 Å². The molecule has 0 fully saturated rings. The van der Waals surface area contributed by atoms with Crippen LogP contribution in [0, 0.1) is 13.8 Å². The van der Waals surface area contributed by atoms with Crippen LogP contribution in [0.2, 0.25) is 0 Å². The molecule has 2 amide bonds. The molecule has 0 saturated heterocycles.